The standard InChI is InChI=1S/C9H13N3O/c1-9(2,3)7(6-11)12-8(13)4-5-10/h7H,4H2,1-3H3,(H,12,13). The van der Waals surface area contributed by atoms with E-state index in [2.05, 4.69) is 5.32 Å². The SMILES string of the molecule is CC(C)(C)C(C#N)NC(=O)CC#N. The molecule has 0 aliphatic heterocycles. The van der Waals surface area contributed by atoms with Crippen molar-refractivity contribution in [2.24, 2.45) is 5.41 Å². The van der Waals surface area contributed by atoms with Crippen LogP contribution in [0.4, 0.5) is 0 Å². The number of nitrogens with zero attached hydrogens (tertiary/aromatic N) is 2. The third-order valence-corrected chi connectivity index (χ3v) is 1.54. The van der Waals surface area contributed by atoms with E-state index in [1.807, 2.05) is 26.8 Å². The first-order chi connectivity index (χ1) is 5.91. The zero-order chi connectivity index (χ0) is 10.5. The summed E-state index contributed by atoms with van der Waals surface area (Å²) in [7, 11) is 0. The van der Waals surface area contributed by atoms with Crippen LogP contribution in [0.1, 0.15) is 27.2 Å². The number of amides is 1. The summed E-state index contributed by atoms with van der Waals surface area (Å²) in [6.07, 6.45) is -0.200. The molecule has 0 radical (unpaired) electrons. The van der Waals surface area contributed by atoms with Gasteiger partial charge in [0.1, 0.15) is 12.5 Å². The highest BCUT2D eigenvalue weighted by atomic mass is 16.1. The summed E-state index contributed by atoms with van der Waals surface area (Å²) in [5.41, 5.74) is -0.306. The minimum atomic E-state index is -0.548. The maximum absolute atomic E-state index is 11.0. The molecule has 0 aliphatic carbocycles. The predicted octanol–water partition coefficient (Wildman–Crippen LogP) is 0.955. The van der Waals surface area contributed by atoms with Crippen LogP contribution in [0.5, 0.6) is 0 Å². The summed E-state index contributed by atoms with van der Waals surface area (Å²) in [5, 5.41) is 19.4. The molecule has 0 heterocycles. The number of nitriles is 2. The monoisotopic (exact) mass is 179 g/mol. The molecular formula is C9H13N3O. The Bertz CT molecular complexity index is 264. The minimum absolute atomic E-state index is 0.200. The summed E-state index contributed by atoms with van der Waals surface area (Å²) < 4.78 is 0. The van der Waals surface area contributed by atoms with Crippen molar-refractivity contribution in [1.82, 2.24) is 5.32 Å². The van der Waals surface area contributed by atoms with Gasteiger partial charge in [-0.1, -0.05) is 20.8 Å². The first kappa shape index (κ1) is 11.4. The van der Waals surface area contributed by atoms with Crippen molar-refractivity contribution in [2.75, 3.05) is 0 Å². The number of hydrogen-bond donors (Lipinski definition) is 1. The summed E-state index contributed by atoms with van der Waals surface area (Å²) >= 11 is 0. The zero-order valence-corrected chi connectivity index (χ0v) is 8.09. The lowest BCUT2D eigenvalue weighted by molar-refractivity contribution is -0.121. The molecular weight excluding hydrogens is 166 g/mol. The molecule has 1 unspecified atom stereocenters. The highest BCUT2D eigenvalue weighted by Gasteiger charge is 2.25. The van der Waals surface area contributed by atoms with Gasteiger partial charge in [0.05, 0.1) is 12.1 Å². The predicted molar refractivity (Wildman–Crippen MR) is 47.2 cm³/mol. The van der Waals surface area contributed by atoms with Gasteiger partial charge in [0.25, 0.3) is 0 Å². The summed E-state index contributed by atoms with van der Waals surface area (Å²) in [4.78, 5) is 11.0. The lowest BCUT2D eigenvalue weighted by Crippen LogP contribution is -2.42. The molecule has 70 valence electrons. The number of carbonyl (C=O) groups is 1. The van der Waals surface area contributed by atoms with Crippen molar-refractivity contribution in [1.29, 1.82) is 10.5 Å². The van der Waals surface area contributed by atoms with Crippen LogP contribution >= 0.6 is 0 Å². The van der Waals surface area contributed by atoms with Gasteiger partial charge in [-0.05, 0) is 5.41 Å². The van der Waals surface area contributed by atoms with Gasteiger partial charge in [-0.15, -0.1) is 0 Å². The van der Waals surface area contributed by atoms with Gasteiger partial charge in [0.15, 0.2) is 0 Å². The van der Waals surface area contributed by atoms with Gasteiger partial charge in [-0.25, -0.2) is 0 Å². The number of hydrogen-bond acceptors (Lipinski definition) is 3. The molecule has 13 heavy (non-hydrogen) atoms. The van der Waals surface area contributed by atoms with Crippen molar-refractivity contribution in [3.05, 3.63) is 0 Å². The Balaban J connectivity index is 4.27. The van der Waals surface area contributed by atoms with Crippen molar-refractivity contribution < 1.29 is 4.79 Å². The van der Waals surface area contributed by atoms with E-state index in [0.717, 1.165) is 0 Å². The van der Waals surface area contributed by atoms with E-state index in [1.54, 1.807) is 6.07 Å². The van der Waals surface area contributed by atoms with Crippen LogP contribution in [-0.2, 0) is 4.79 Å². The molecule has 0 bridgehead atoms. The Labute approximate surface area is 78.2 Å². The lowest BCUT2D eigenvalue weighted by Gasteiger charge is -2.24. The van der Waals surface area contributed by atoms with Crippen LogP contribution in [-0.4, -0.2) is 11.9 Å². The van der Waals surface area contributed by atoms with E-state index in [4.69, 9.17) is 10.5 Å². The van der Waals surface area contributed by atoms with Gasteiger partial charge < -0.3 is 5.32 Å². The van der Waals surface area contributed by atoms with Gasteiger partial charge in [0, 0.05) is 0 Å². The Morgan fingerprint density at radius 1 is 1.46 bits per heavy atom. The maximum atomic E-state index is 11.0. The number of rotatable bonds is 2. The molecule has 4 heteroatoms. The van der Waals surface area contributed by atoms with Crippen LogP contribution in [0, 0.1) is 28.1 Å². The smallest absolute Gasteiger partial charge is 0.235 e. The molecule has 4 nitrogen and oxygen atoms in total. The molecule has 0 fully saturated rings. The first-order valence-corrected chi connectivity index (χ1v) is 3.97. The minimum Gasteiger partial charge on any atom is -0.339 e. The third kappa shape index (κ3) is 4.12. The zero-order valence-electron chi connectivity index (χ0n) is 8.09. The fourth-order valence-corrected chi connectivity index (χ4v) is 0.726. The molecule has 0 aromatic carbocycles. The number of carbonyl (C=O) groups excluding carboxylic acids is 1. The molecule has 1 atom stereocenters. The van der Waals surface area contributed by atoms with E-state index in [-0.39, 0.29) is 11.8 Å². The van der Waals surface area contributed by atoms with E-state index in [9.17, 15) is 4.79 Å². The van der Waals surface area contributed by atoms with Gasteiger partial charge >= 0.3 is 0 Å². The number of nitrogens with one attached hydrogen (secondary N) is 1. The molecule has 0 spiro atoms. The van der Waals surface area contributed by atoms with Crippen molar-refractivity contribution in [3.8, 4) is 12.1 Å². The molecule has 0 rings (SSSR count). The highest BCUT2D eigenvalue weighted by Crippen LogP contribution is 2.18. The van der Waals surface area contributed by atoms with E-state index in [0.29, 0.717) is 0 Å². The average Bonchev–Trinajstić information content (AvgIpc) is 1.98. The Morgan fingerprint density at radius 2 is 2.00 bits per heavy atom. The normalized spacial score (nSPS) is 12.4. The summed E-state index contributed by atoms with van der Waals surface area (Å²) in [6, 6.07) is 3.17. The molecule has 1 amide bonds. The second-order valence-corrected chi connectivity index (χ2v) is 3.83. The van der Waals surface area contributed by atoms with Crippen LogP contribution in [0.15, 0.2) is 0 Å². The fourth-order valence-electron chi connectivity index (χ4n) is 0.726. The maximum Gasteiger partial charge on any atom is 0.235 e. The van der Waals surface area contributed by atoms with Crippen LogP contribution in [0.3, 0.4) is 0 Å². The molecule has 0 saturated carbocycles. The van der Waals surface area contributed by atoms with Crippen LogP contribution in [0.25, 0.3) is 0 Å². The Kier molecular flexibility index (Phi) is 3.94. The van der Waals surface area contributed by atoms with Gasteiger partial charge in [0.2, 0.25) is 5.91 Å². The van der Waals surface area contributed by atoms with E-state index >= 15 is 0 Å². The first-order valence-electron chi connectivity index (χ1n) is 3.97. The van der Waals surface area contributed by atoms with E-state index in [1.165, 1.54) is 0 Å². The fraction of sp³-hybridized carbons (Fsp3) is 0.667. The van der Waals surface area contributed by atoms with Gasteiger partial charge in [-0.2, -0.15) is 10.5 Å². The van der Waals surface area contributed by atoms with Crippen LogP contribution in [0.2, 0.25) is 0 Å². The Morgan fingerprint density at radius 3 is 2.31 bits per heavy atom. The van der Waals surface area contributed by atoms with Crippen molar-refractivity contribution in [3.63, 3.8) is 0 Å². The average molecular weight is 179 g/mol. The lowest BCUT2D eigenvalue weighted by atomic mass is 9.87. The summed E-state index contributed by atoms with van der Waals surface area (Å²) in [5.74, 6) is -0.399. The molecule has 0 saturated heterocycles. The van der Waals surface area contributed by atoms with Crippen molar-refractivity contribution >= 4 is 5.91 Å². The topological polar surface area (TPSA) is 76.7 Å². The Hall–Kier alpha value is -1.55. The molecule has 0 aromatic heterocycles. The molecule has 1 N–H and O–H groups in total. The third-order valence-electron chi connectivity index (χ3n) is 1.54. The molecule has 0 aliphatic rings. The molecule has 0 aromatic rings. The van der Waals surface area contributed by atoms with Crippen molar-refractivity contribution in [2.45, 2.75) is 33.2 Å². The highest BCUT2D eigenvalue weighted by molar-refractivity contribution is 5.78. The summed E-state index contributed by atoms with van der Waals surface area (Å²) in [6.45, 7) is 5.56. The van der Waals surface area contributed by atoms with E-state index < -0.39 is 11.9 Å². The van der Waals surface area contributed by atoms with Crippen LogP contribution < -0.4 is 5.32 Å². The quantitative estimate of drug-likeness (QED) is 0.685. The largest absolute Gasteiger partial charge is 0.339 e. The second-order valence-electron chi connectivity index (χ2n) is 3.83. The second kappa shape index (κ2) is 4.47. The van der Waals surface area contributed by atoms with Gasteiger partial charge in [-0.3, -0.25) is 4.79 Å².